The standard InChI is InChI=1S/C17H21NO4.C13H16BrNO2.C4H6O2.CH3F/c1-17(2,3)22-16(20)18-10-13-7-5-12(9-14(13)11-18)6-8-15(19)21-4;1-13(2,3)17-12(16)15-7-9-4-5-11(14)6-10(9)8-15;1-3-4(5)6-2;1-2/h5-9H,10-11H2,1-4H3;4-6H,7-8H2,1-3H3;3H,1H2,2H3;1H3/b8-6+;;;/i;;;1D. The van der Waals surface area contributed by atoms with Crippen molar-refractivity contribution in [3.05, 3.63) is 87.4 Å². The van der Waals surface area contributed by atoms with Crippen molar-refractivity contribution in [3.63, 3.8) is 0 Å². The molecule has 0 radical (unpaired) electrons. The van der Waals surface area contributed by atoms with E-state index in [1.54, 1.807) is 15.9 Å². The molecular weight excluding hydrogens is 675 g/mol. The molecule has 12 heteroatoms. The molecule has 4 rings (SSSR count). The van der Waals surface area contributed by atoms with Crippen molar-refractivity contribution in [2.75, 3.05) is 21.4 Å². The molecule has 2 aromatic rings. The van der Waals surface area contributed by atoms with Gasteiger partial charge in [-0.2, -0.15) is 0 Å². The molecule has 0 unspecified atom stereocenters. The van der Waals surface area contributed by atoms with E-state index in [1.165, 1.54) is 31.4 Å². The summed E-state index contributed by atoms with van der Waals surface area (Å²) in [4.78, 5) is 48.4. The van der Waals surface area contributed by atoms with Gasteiger partial charge in [-0.15, -0.1) is 0 Å². The number of rotatable bonds is 3. The smallest absolute Gasteiger partial charge is 0.410 e. The van der Waals surface area contributed by atoms with E-state index in [0.29, 0.717) is 26.2 Å². The van der Waals surface area contributed by atoms with Crippen molar-refractivity contribution in [1.82, 2.24) is 9.80 Å². The van der Waals surface area contributed by atoms with Crippen molar-refractivity contribution in [2.45, 2.75) is 78.9 Å². The third-order valence-corrected chi connectivity index (χ3v) is 6.62. The zero-order valence-electron chi connectivity index (χ0n) is 29.4. The Balaban J connectivity index is 0.000000391. The third-order valence-electron chi connectivity index (χ3n) is 6.13. The summed E-state index contributed by atoms with van der Waals surface area (Å²) in [5.74, 6) is -0.786. The molecule has 0 fully saturated rings. The number of benzene rings is 2. The first-order valence-corrected chi connectivity index (χ1v) is 15.3. The molecule has 258 valence electrons. The lowest BCUT2D eigenvalue weighted by atomic mass is 10.1. The van der Waals surface area contributed by atoms with E-state index in [2.05, 4.69) is 38.0 Å². The second kappa shape index (κ2) is 18.8. The van der Waals surface area contributed by atoms with Crippen LogP contribution in [0.5, 0.6) is 0 Å². The lowest BCUT2D eigenvalue weighted by molar-refractivity contribution is -0.135. The minimum absolute atomic E-state index is 0.246. The van der Waals surface area contributed by atoms with E-state index in [0.717, 1.165) is 27.2 Å². The number of esters is 2. The van der Waals surface area contributed by atoms with Gasteiger partial charge in [-0.25, -0.2) is 19.2 Å². The van der Waals surface area contributed by atoms with Crippen molar-refractivity contribution in [3.8, 4) is 0 Å². The van der Waals surface area contributed by atoms with Crippen molar-refractivity contribution >= 4 is 46.1 Å². The van der Waals surface area contributed by atoms with Crippen LogP contribution in [0.4, 0.5) is 14.0 Å². The molecule has 0 aliphatic carbocycles. The van der Waals surface area contributed by atoms with Gasteiger partial charge in [0.2, 0.25) is 0 Å². The molecule has 0 spiro atoms. The Labute approximate surface area is 287 Å². The van der Waals surface area contributed by atoms with Gasteiger partial charge >= 0.3 is 24.1 Å². The quantitative estimate of drug-likeness (QED) is 0.180. The summed E-state index contributed by atoms with van der Waals surface area (Å²) in [7, 11) is 1.65. The monoisotopic (exact) mass is 721 g/mol. The molecule has 0 N–H and O–H groups in total. The van der Waals surface area contributed by atoms with Crippen LogP contribution >= 0.6 is 15.9 Å². The van der Waals surface area contributed by atoms with Gasteiger partial charge < -0.3 is 18.9 Å². The highest BCUT2D eigenvalue weighted by Gasteiger charge is 2.28. The van der Waals surface area contributed by atoms with Crippen LogP contribution in [-0.4, -0.2) is 66.5 Å². The molecule has 2 aliphatic rings. The van der Waals surface area contributed by atoms with E-state index in [9.17, 15) is 23.6 Å². The molecule has 2 amide bonds. The summed E-state index contributed by atoms with van der Waals surface area (Å²) in [5.41, 5.74) is 4.51. The zero-order chi connectivity index (χ0) is 36.7. The molecule has 2 heterocycles. The largest absolute Gasteiger partial charge is 0.466 e. The maximum absolute atomic E-state index is 12.1. The second-order valence-electron chi connectivity index (χ2n) is 12.2. The molecule has 10 nitrogen and oxygen atoms in total. The average molecular weight is 723 g/mol. The number of ether oxygens (including phenoxy) is 4. The van der Waals surface area contributed by atoms with Crippen LogP contribution in [-0.2, 0) is 54.7 Å². The van der Waals surface area contributed by atoms with E-state index in [-0.39, 0.29) is 12.2 Å². The number of alkyl halides is 1. The van der Waals surface area contributed by atoms with E-state index < -0.39 is 30.3 Å². The van der Waals surface area contributed by atoms with Gasteiger partial charge in [0.05, 0.1) is 22.7 Å². The van der Waals surface area contributed by atoms with Crippen LogP contribution < -0.4 is 0 Å². The Morgan fingerprint density at radius 3 is 1.62 bits per heavy atom. The minimum Gasteiger partial charge on any atom is -0.466 e. The normalized spacial score (nSPS) is 13.2. The third kappa shape index (κ3) is 14.8. The van der Waals surface area contributed by atoms with Gasteiger partial charge in [0.25, 0.3) is 0 Å². The summed E-state index contributed by atoms with van der Waals surface area (Å²) in [6.45, 7) is 16.7. The number of methoxy groups -OCH3 is 2. The van der Waals surface area contributed by atoms with Crippen LogP contribution in [0.3, 0.4) is 0 Å². The number of nitrogens with zero attached hydrogens (tertiary/aromatic N) is 2. The Hall–Kier alpha value is -4.19. The first-order chi connectivity index (χ1) is 22.4. The van der Waals surface area contributed by atoms with Crippen LogP contribution in [0.15, 0.2) is 59.6 Å². The van der Waals surface area contributed by atoms with Crippen molar-refractivity contribution in [2.24, 2.45) is 0 Å². The van der Waals surface area contributed by atoms with Gasteiger partial charge in [-0.1, -0.05) is 40.7 Å². The van der Waals surface area contributed by atoms with Gasteiger partial charge in [-0.3, -0.25) is 14.2 Å². The van der Waals surface area contributed by atoms with Gasteiger partial charge in [0.15, 0.2) is 0 Å². The fourth-order valence-electron chi connectivity index (χ4n) is 4.11. The van der Waals surface area contributed by atoms with E-state index >= 15 is 0 Å². The lowest BCUT2D eigenvalue weighted by Crippen LogP contribution is -2.33. The fraction of sp³-hybridized carbons (Fsp3) is 0.429. The highest BCUT2D eigenvalue weighted by Crippen LogP contribution is 2.28. The number of hydrogen-bond donors (Lipinski definition) is 0. The van der Waals surface area contributed by atoms with Gasteiger partial charge in [0.1, 0.15) is 11.2 Å². The molecule has 0 atom stereocenters. The number of halogens is 2. The van der Waals surface area contributed by atoms with Crippen molar-refractivity contribution < 1.29 is 43.9 Å². The van der Waals surface area contributed by atoms with Crippen LogP contribution in [0.1, 0.15) is 70.7 Å². The first kappa shape index (κ1) is 39.0. The van der Waals surface area contributed by atoms with Crippen LogP contribution in [0, 0.1) is 0 Å². The summed E-state index contributed by atoms with van der Waals surface area (Å²) in [6.07, 6.45) is 3.63. The molecule has 47 heavy (non-hydrogen) atoms. The Kier molecular flexibility index (Phi) is 15.6. The van der Waals surface area contributed by atoms with Gasteiger partial charge in [0, 0.05) is 42.8 Å². The molecule has 0 aromatic heterocycles. The zero-order valence-corrected chi connectivity index (χ0v) is 29.9. The number of fused-ring (bicyclic) bond motifs is 2. The van der Waals surface area contributed by atoms with E-state index in [1.807, 2.05) is 71.9 Å². The van der Waals surface area contributed by atoms with Crippen LogP contribution in [0.2, 0.25) is 0 Å². The van der Waals surface area contributed by atoms with Crippen LogP contribution in [0.25, 0.3) is 6.08 Å². The second-order valence-corrected chi connectivity index (χ2v) is 13.1. The SMILES string of the molecule is C=CC(=O)OC.CC(C)(C)OC(=O)N1Cc2ccc(Br)cc2C1.COC(=O)/C=C/c1ccc2c(c1)CN(C(=O)OC(C)(C)C)C2.[2H]CF. The van der Waals surface area contributed by atoms with E-state index in [4.69, 9.17) is 10.8 Å². The summed E-state index contributed by atoms with van der Waals surface area (Å²) in [5, 5.41) is 0. The molecule has 0 saturated carbocycles. The predicted octanol–water partition coefficient (Wildman–Crippen LogP) is 7.75. The number of amides is 2. The Bertz CT molecular complexity index is 1450. The molecular formula is C35H46BrFN2O8. The summed E-state index contributed by atoms with van der Waals surface area (Å²) >= 11 is 3.44. The topological polar surface area (TPSA) is 112 Å². The molecule has 2 aliphatic heterocycles. The first-order valence-electron chi connectivity index (χ1n) is 15.2. The van der Waals surface area contributed by atoms with Crippen molar-refractivity contribution in [1.29, 1.82) is 0 Å². The van der Waals surface area contributed by atoms with Gasteiger partial charge in [-0.05, 0) is 93.6 Å². The number of hydrogen-bond acceptors (Lipinski definition) is 8. The Morgan fingerprint density at radius 1 is 0.787 bits per heavy atom. The summed E-state index contributed by atoms with van der Waals surface area (Å²) in [6, 6.07) is 12.0. The fourth-order valence-corrected chi connectivity index (χ4v) is 4.52. The minimum atomic E-state index is -1.00. The number of carbonyl (C=O) groups is 4. The molecule has 0 bridgehead atoms. The molecule has 0 saturated heterocycles. The number of carbonyl (C=O) groups excluding carboxylic acids is 4. The lowest BCUT2D eigenvalue weighted by Gasteiger charge is -2.24. The highest BCUT2D eigenvalue weighted by atomic mass is 79.9. The summed E-state index contributed by atoms with van der Waals surface area (Å²) < 4.78 is 36.0. The highest BCUT2D eigenvalue weighted by molar-refractivity contribution is 9.10. The molecule has 2 aromatic carbocycles. The Morgan fingerprint density at radius 2 is 1.21 bits per heavy atom. The predicted molar refractivity (Wildman–Crippen MR) is 182 cm³/mol. The average Bonchev–Trinajstić information content (AvgIpc) is 3.63. The maximum atomic E-state index is 12.1. The maximum Gasteiger partial charge on any atom is 0.410 e.